The van der Waals surface area contributed by atoms with Crippen molar-refractivity contribution in [3.63, 3.8) is 0 Å². The van der Waals surface area contributed by atoms with Gasteiger partial charge in [-0.2, -0.15) is 4.98 Å². The highest BCUT2D eigenvalue weighted by molar-refractivity contribution is 7.78. The van der Waals surface area contributed by atoms with Crippen LogP contribution in [-0.2, 0) is 0 Å². The van der Waals surface area contributed by atoms with Crippen molar-refractivity contribution >= 4 is 18.6 Å². The number of rotatable bonds is 1. The second kappa shape index (κ2) is 3.41. The Morgan fingerprint density at radius 1 is 1.54 bits per heavy atom. The summed E-state index contributed by atoms with van der Waals surface area (Å²) in [7, 11) is 0. The van der Waals surface area contributed by atoms with E-state index < -0.39 is 0 Å². The van der Waals surface area contributed by atoms with Gasteiger partial charge in [-0.05, 0) is 26.8 Å². The molecule has 0 atom stereocenters. The normalized spacial score (nSPS) is 11.4. The molecule has 0 amide bonds. The molecule has 72 valence electrons. The molecule has 0 aliphatic carbocycles. The third-order valence-electron chi connectivity index (χ3n) is 1.29. The van der Waals surface area contributed by atoms with Crippen LogP contribution in [0.3, 0.4) is 0 Å². The summed E-state index contributed by atoms with van der Waals surface area (Å²) >= 11 is 3.87. The SMILES string of the molecule is CC(C)(C)Nc1ccn(S)c(=O)n1. The fraction of sp³-hybridized carbons (Fsp3) is 0.500. The van der Waals surface area contributed by atoms with Crippen molar-refractivity contribution in [2.45, 2.75) is 26.3 Å². The standard InChI is InChI=1S/C8H13N3OS/c1-8(2,3)10-6-4-5-11(13)7(12)9-6/h4-5,13H,1-3H3,(H,9,10,12). The first-order valence-electron chi connectivity index (χ1n) is 3.96. The number of aromatic nitrogens is 2. The first-order chi connectivity index (χ1) is 5.88. The van der Waals surface area contributed by atoms with Crippen LogP contribution in [-0.4, -0.2) is 14.5 Å². The van der Waals surface area contributed by atoms with Gasteiger partial charge in [0.15, 0.2) is 0 Å². The van der Waals surface area contributed by atoms with E-state index in [2.05, 4.69) is 23.1 Å². The Hall–Kier alpha value is -0.970. The molecule has 1 aromatic rings. The van der Waals surface area contributed by atoms with Gasteiger partial charge in [-0.1, -0.05) is 12.8 Å². The molecule has 0 bridgehead atoms. The molecule has 0 saturated heterocycles. The summed E-state index contributed by atoms with van der Waals surface area (Å²) in [6, 6.07) is 1.71. The summed E-state index contributed by atoms with van der Waals surface area (Å²) < 4.78 is 1.13. The number of anilines is 1. The number of nitrogens with zero attached hydrogens (tertiary/aromatic N) is 2. The predicted octanol–water partition coefficient (Wildman–Crippen LogP) is 1.15. The topological polar surface area (TPSA) is 46.9 Å². The molecule has 0 radical (unpaired) electrons. The highest BCUT2D eigenvalue weighted by Crippen LogP contribution is 2.09. The molecule has 1 N–H and O–H groups in total. The first kappa shape index (κ1) is 10.1. The zero-order chi connectivity index (χ0) is 10.1. The Balaban J connectivity index is 2.93. The average Bonchev–Trinajstić information content (AvgIpc) is 1.94. The summed E-state index contributed by atoms with van der Waals surface area (Å²) in [6.45, 7) is 6.00. The molecule has 0 saturated carbocycles. The molecule has 1 rings (SSSR count). The molecular formula is C8H13N3OS. The molecule has 0 fully saturated rings. The first-order valence-corrected chi connectivity index (χ1v) is 4.36. The van der Waals surface area contributed by atoms with E-state index in [1.165, 1.54) is 0 Å². The van der Waals surface area contributed by atoms with Gasteiger partial charge in [0, 0.05) is 11.7 Å². The van der Waals surface area contributed by atoms with E-state index in [-0.39, 0.29) is 11.2 Å². The van der Waals surface area contributed by atoms with Gasteiger partial charge >= 0.3 is 5.69 Å². The average molecular weight is 199 g/mol. The summed E-state index contributed by atoms with van der Waals surface area (Å²) in [5.41, 5.74) is -0.472. The van der Waals surface area contributed by atoms with E-state index in [1.54, 1.807) is 12.3 Å². The summed E-state index contributed by atoms with van der Waals surface area (Å²) in [4.78, 5) is 14.8. The second-order valence-corrected chi connectivity index (χ2v) is 4.25. The minimum atomic E-state index is -0.377. The van der Waals surface area contributed by atoms with Crippen LogP contribution in [0.4, 0.5) is 5.82 Å². The van der Waals surface area contributed by atoms with Crippen LogP contribution < -0.4 is 11.0 Å². The van der Waals surface area contributed by atoms with Crippen LogP contribution in [0.5, 0.6) is 0 Å². The molecule has 1 aromatic heterocycles. The molecule has 0 unspecified atom stereocenters. The van der Waals surface area contributed by atoms with Gasteiger partial charge in [-0.25, -0.2) is 8.77 Å². The highest BCUT2D eigenvalue weighted by Gasteiger charge is 2.10. The number of hydrogen-bond donors (Lipinski definition) is 2. The lowest BCUT2D eigenvalue weighted by Crippen LogP contribution is -2.28. The fourth-order valence-electron chi connectivity index (χ4n) is 0.850. The summed E-state index contributed by atoms with van der Waals surface area (Å²) in [6.07, 6.45) is 1.56. The fourth-order valence-corrected chi connectivity index (χ4v) is 0.962. The van der Waals surface area contributed by atoms with Crippen molar-refractivity contribution in [1.82, 2.24) is 8.96 Å². The Morgan fingerprint density at radius 2 is 2.15 bits per heavy atom. The van der Waals surface area contributed by atoms with Crippen molar-refractivity contribution in [3.8, 4) is 0 Å². The number of thiol groups is 1. The number of nitrogens with one attached hydrogen (secondary N) is 1. The van der Waals surface area contributed by atoms with E-state index in [4.69, 9.17) is 0 Å². The molecule has 0 aromatic carbocycles. The molecule has 4 nitrogen and oxygen atoms in total. The minimum Gasteiger partial charge on any atom is -0.365 e. The second-order valence-electron chi connectivity index (χ2n) is 3.81. The predicted molar refractivity (Wildman–Crippen MR) is 56.3 cm³/mol. The Kier molecular flexibility index (Phi) is 2.66. The minimum absolute atomic E-state index is 0.0950. The Morgan fingerprint density at radius 3 is 2.62 bits per heavy atom. The zero-order valence-corrected chi connectivity index (χ0v) is 8.80. The van der Waals surface area contributed by atoms with Gasteiger partial charge in [0.2, 0.25) is 0 Å². The lowest BCUT2D eigenvalue weighted by molar-refractivity contribution is 0.629. The smallest absolute Gasteiger partial charge is 0.359 e. The van der Waals surface area contributed by atoms with Gasteiger partial charge in [0.25, 0.3) is 0 Å². The van der Waals surface area contributed by atoms with Gasteiger partial charge in [0.05, 0.1) is 0 Å². The monoisotopic (exact) mass is 199 g/mol. The molecule has 0 spiro atoms. The Labute approximate surface area is 82.5 Å². The quantitative estimate of drug-likeness (QED) is 0.667. The lowest BCUT2D eigenvalue weighted by Gasteiger charge is -2.20. The van der Waals surface area contributed by atoms with Crippen molar-refractivity contribution in [3.05, 3.63) is 22.7 Å². The largest absolute Gasteiger partial charge is 0.365 e. The van der Waals surface area contributed by atoms with Crippen molar-refractivity contribution < 1.29 is 0 Å². The van der Waals surface area contributed by atoms with Crippen LogP contribution in [0.15, 0.2) is 17.1 Å². The molecule has 13 heavy (non-hydrogen) atoms. The van der Waals surface area contributed by atoms with Gasteiger partial charge in [-0.3, -0.25) is 0 Å². The van der Waals surface area contributed by atoms with Crippen LogP contribution >= 0.6 is 12.8 Å². The van der Waals surface area contributed by atoms with E-state index >= 15 is 0 Å². The van der Waals surface area contributed by atoms with Crippen LogP contribution in [0.1, 0.15) is 20.8 Å². The maximum atomic E-state index is 11.1. The lowest BCUT2D eigenvalue weighted by atomic mass is 10.1. The maximum absolute atomic E-state index is 11.1. The zero-order valence-electron chi connectivity index (χ0n) is 7.90. The molecular weight excluding hydrogens is 186 g/mol. The van der Waals surface area contributed by atoms with Gasteiger partial charge < -0.3 is 5.32 Å². The molecule has 1 heterocycles. The van der Waals surface area contributed by atoms with E-state index in [1.807, 2.05) is 20.8 Å². The highest BCUT2D eigenvalue weighted by atomic mass is 32.1. The van der Waals surface area contributed by atoms with Crippen molar-refractivity contribution in [1.29, 1.82) is 0 Å². The third kappa shape index (κ3) is 3.10. The number of hydrogen-bond acceptors (Lipinski definition) is 4. The van der Waals surface area contributed by atoms with Crippen molar-refractivity contribution in [2.75, 3.05) is 5.32 Å². The van der Waals surface area contributed by atoms with Gasteiger partial charge in [0.1, 0.15) is 5.82 Å². The Bertz CT molecular complexity index is 353. The van der Waals surface area contributed by atoms with Gasteiger partial charge in [-0.15, -0.1) is 0 Å². The molecule has 0 aliphatic heterocycles. The van der Waals surface area contributed by atoms with Crippen LogP contribution in [0, 0.1) is 0 Å². The van der Waals surface area contributed by atoms with Crippen LogP contribution in [0.2, 0.25) is 0 Å². The van der Waals surface area contributed by atoms with E-state index in [9.17, 15) is 4.79 Å². The maximum Gasteiger partial charge on any atom is 0.359 e. The van der Waals surface area contributed by atoms with Crippen molar-refractivity contribution in [2.24, 2.45) is 0 Å². The summed E-state index contributed by atoms with van der Waals surface area (Å²) in [5.74, 6) is 0.572. The molecule has 5 heteroatoms. The summed E-state index contributed by atoms with van der Waals surface area (Å²) in [5, 5.41) is 3.09. The van der Waals surface area contributed by atoms with Crippen LogP contribution in [0.25, 0.3) is 0 Å². The van der Waals surface area contributed by atoms with E-state index in [0.717, 1.165) is 3.97 Å². The molecule has 0 aliphatic rings. The third-order valence-corrected chi connectivity index (χ3v) is 1.59. The van der Waals surface area contributed by atoms with E-state index in [0.29, 0.717) is 5.82 Å².